The van der Waals surface area contributed by atoms with Gasteiger partial charge in [0.1, 0.15) is 5.31 Å². The highest BCUT2D eigenvalue weighted by atomic mass is 31.2. The Morgan fingerprint density at radius 3 is 1.70 bits per heavy atom. The van der Waals surface area contributed by atoms with E-state index in [0.717, 1.165) is 5.56 Å². The molecule has 5 nitrogen and oxygen atoms in total. The predicted molar refractivity (Wildman–Crippen MR) is 153 cm³/mol. The first-order valence-electron chi connectivity index (χ1n) is 12.2. The number of benzene rings is 4. The van der Waals surface area contributed by atoms with Gasteiger partial charge in [-0.1, -0.05) is 96.6 Å². The number of likely N-dealkylation sites (N-methyl/N-ethyl adjacent to an activating group) is 1. The van der Waals surface area contributed by atoms with Gasteiger partial charge in [0, 0.05) is 29.0 Å². The number of hydrogen-bond donors (Lipinski definition) is 0. The van der Waals surface area contributed by atoms with Crippen molar-refractivity contribution in [1.82, 2.24) is 4.67 Å². The highest BCUT2D eigenvalue weighted by Crippen LogP contribution is 2.63. The monoisotopic (exact) mass is 526 g/mol. The minimum absolute atomic E-state index is 0.134. The maximum Gasteiger partial charge on any atom is 0.299 e. The van der Waals surface area contributed by atoms with Gasteiger partial charge in [-0.05, 0) is 38.1 Å². The number of carbonyl (C=O) groups is 1. The second-order valence-corrected chi connectivity index (χ2v) is 14.1. The normalized spacial score (nSPS) is 18.0. The van der Waals surface area contributed by atoms with E-state index in [1.807, 2.05) is 85.8 Å². The van der Waals surface area contributed by atoms with Crippen LogP contribution in [0.15, 0.2) is 127 Å². The second kappa shape index (κ2) is 10.0. The van der Waals surface area contributed by atoms with E-state index in [1.54, 1.807) is 54.2 Å². The van der Waals surface area contributed by atoms with E-state index in [-0.39, 0.29) is 11.9 Å². The zero-order valence-corrected chi connectivity index (χ0v) is 22.6. The molecule has 0 bridgehead atoms. The summed E-state index contributed by atoms with van der Waals surface area (Å²) in [5.41, 5.74) is 1.72. The number of anilines is 1. The van der Waals surface area contributed by atoms with Gasteiger partial charge in [-0.2, -0.15) is 0 Å². The van der Waals surface area contributed by atoms with Crippen LogP contribution in [0.2, 0.25) is 0 Å². The molecule has 1 aliphatic rings. The highest BCUT2D eigenvalue weighted by molar-refractivity contribution is 7.84. The third-order valence-electron chi connectivity index (χ3n) is 6.59. The molecule has 1 unspecified atom stereocenters. The molecule has 0 N–H and O–H groups in total. The molecule has 0 radical (unpaired) electrons. The summed E-state index contributed by atoms with van der Waals surface area (Å²) in [6, 6.07) is 34.9. The molecule has 0 spiro atoms. The van der Waals surface area contributed by atoms with Crippen LogP contribution in [0.3, 0.4) is 0 Å². The fraction of sp³-hybridized carbons (Fsp3) is 0.100. The van der Waals surface area contributed by atoms with Crippen molar-refractivity contribution in [2.45, 2.75) is 13.8 Å². The Labute approximate surface area is 217 Å². The summed E-state index contributed by atoms with van der Waals surface area (Å²) in [5, 5.41) is 1.78. The first kappa shape index (κ1) is 25.0. The van der Waals surface area contributed by atoms with Gasteiger partial charge >= 0.3 is 0 Å². The van der Waals surface area contributed by atoms with Crippen LogP contribution >= 0.6 is 14.6 Å². The summed E-state index contributed by atoms with van der Waals surface area (Å²) in [5.74, 6) is -0.478. The molecule has 4 aromatic rings. The summed E-state index contributed by atoms with van der Waals surface area (Å²) >= 11 is 0. The van der Waals surface area contributed by atoms with E-state index in [0.29, 0.717) is 21.6 Å². The number of hydrogen-bond acceptors (Lipinski definition) is 3. The molecule has 5 rings (SSSR count). The lowest BCUT2D eigenvalue weighted by atomic mass is 10.2. The van der Waals surface area contributed by atoms with E-state index >= 15 is 9.13 Å². The van der Waals surface area contributed by atoms with Gasteiger partial charge in [0.05, 0.1) is 5.30 Å². The van der Waals surface area contributed by atoms with Crippen LogP contribution < -0.4 is 20.6 Å². The first-order valence-corrected chi connectivity index (χ1v) is 15.5. The van der Waals surface area contributed by atoms with Gasteiger partial charge in [0.15, 0.2) is 7.14 Å². The Morgan fingerprint density at radius 1 is 0.730 bits per heavy atom. The molecular weight excluding hydrogens is 498 g/mol. The fourth-order valence-electron chi connectivity index (χ4n) is 4.69. The molecule has 4 aromatic carbocycles. The fourth-order valence-corrected chi connectivity index (χ4v) is 10.3. The van der Waals surface area contributed by atoms with Crippen LogP contribution in [0.1, 0.15) is 12.5 Å². The van der Waals surface area contributed by atoms with Crippen molar-refractivity contribution >= 4 is 42.1 Å². The smallest absolute Gasteiger partial charge is 0.299 e. The van der Waals surface area contributed by atoms with Gasteiger partial charge < -0.3 is 4.57 Å². The second-order valence-electron chi connectivity index (χ2n) is 8.88. The topological polar surface area (TPSA) is 57.7 Å². The standard InChI is InChI=1S/C30H28N2O3P2/c1-3-31-30(33)29(36(34,26-13-7-4-8-14-26)27-15-9-5-10-16-27)23-32(25-21-19-24(2)20-22-25)37(31,35)28-17-11-6-12-18-28/h4-23H,3H2,1-2H3. The summed E-state index contributed by atoms with van der Waals surface area (Å²) in [4.78, 5) is 14.3. The van der Waals surface area contributed by atoms with Crippen molar-refractivity contribution in [3.8, 4) is 0 Å². The molecule has 186 valence electrons. The Hall–Kier alpha value is -3.65. The molecular formula is C30H28N2O3P2. The van der Waals surface area contributed by atoms with Crippen LogP contribution in [0.4, 0.5) is 5.69 Å². The van der Waals surface area contributed by atoms with Crippen LogP contribution in [0.25, 0.3) is 0 Å². The van der Waals surface area contributed by atoms with Gasteiger partial charge in [-0.15, -0.1) is 0 Å². The van der Waals surface area contributed by atoms with Crippen molar-refractivity contribution in [3.63, 3.8) is 0 Å². The number of aryl methyl sites for hydroxylation is 1. The van der Waals surface area contributed by atoms with Crippen molar-refractivity contribution in [2.24, 2.45) is 0 Å². The molecule has 0 saturated heterocycles. The molecule has 0 aliphatic carbocycles. The van der Waals surface area contributed by atoms with E-state index in [9.17, 15) is 4.79 Å². The van der Waals surface area contributed by atoms with Crippen LogP contribution in [0, 0.1) is 6.92 Å². The number of carbonyl (C=O) groups excluding carboxylic acids is 1. The van der Waals surface area contributed by atoms with Crippen molar-refractivity contribution in [1.29, 1.82) is 0 Å². The molecule has 37 heavy (non-hydrogen) atoms. The largest absolute Gasteiger partial charge is 0.308 e. The number of nitrogens with zero attached hydrogens (tertiary/aromatic N) is 2. The van der Waals surface area contributed by atoms with Gasteiger partial charge in [0.25, 0.3) is 13.4 Å². The molecule has 0 aromatic heterocycles. The summed E-state index contributed by atoms with van der Waals surface area (Å²) in [7, 11) is -7.26. The average Bonchev–Trinajstić information content (AvgIpc) is 2.95. The quantitative estimate of drug-likeness (QED) is 0.288. The number of amides is 1. The van der Waals surface area contributed by atoms with E-state index < -0.39 is 20.5 Å². The maximum absolute atomic E-state index is 15.2. The van der Waals surface area contributed by atoms with Gasteiger partial charge in [0.2, 0.25) is 0 Å². The predicted octanol–water partition coefficient (Wildman–Crippen LogP) is 6.04. The van der Waals surface area contributed by atoms with E-state index in [4.69, 9.17) is 0 Å². The van der Waals surface area contributed by atoms with Crippen LogP contribution in [-0.2, 0) is 13.9 Å². The van der Waals surface area contributed by atoms with Crippen molar-refractivity contribution < 1.29 is 13.9 Å². The Kier molecular flexibility index (Phi) is 6.77. The average molecular weight is 527 g/mol. The number of rotatable bonds is 6. The zero-order valence-electron chi connectivity index (χ0n) is 20.8. The van der Waals surface area contributed by atoms with Crippen LogP contribution in [0.5, 0.6) is 0 Å². The van der Waals surface area contributed by atoms with Crippen molar-refractivity contribution in [3.05, 3.63) is 132 Å². The Bertz CT molecular complexity index is 1490. The lowest BCUT2D eigenvalue weighted by Gasteiger charge is -2.43. The van der Waals surface area contributed by atoms with E-state index in [2.05, 4.69) is 0 Å². The highest BCUT2D eigenvalue weighted by Gasteiger charge is 2.50. The molecule has 1 heterocycles. The summed E-state index contributed by atoms with van der Waals surface area (Å²) in [6.45, 7) is 3.98. The minimum Gasteiger partial charge on any atom is -0.308 e. The molecule has 0 saturated carbocycles. The Morgan fingerprint density at radius 2 is 1.22 bits per heavy atom. The lowest BCUT2D eigenvalue weighted by molar-refractivity contribution is -0.122. The zero-order chi connectivity index (χ0) is 26.0. The maximum atomic E-state index is 15.2. The van der Waals surface area contributed by atoms with E-state index in [1.165, 1.54) is 4.67 Å². The summed E-state index contributed by atoms with van der Waals surface area (Å²) < 4.78 is 33.3. The molecule has 1 amide bonds. The first-order chi connectivity index (χ1) is 17.9. The third kappa shape index (κ3) is 4.19. The minimum atomic E-state index is -3.65. The third-order valence-corrected chi connectivity index (χ3v) is 12.6. The van der Waals surface area contributed by atoms with Crippen LogP contribution in [-0.4, -0.2) is 17.1 Å². The van der Waals surface area contributed by atoms with Gasteiger partial charge in [-0.25, -0.2) is 0 Å². The Balaban J connectivity index is 1.84. The van der Waals surface area contributed by atoms with Gasteiger partial charge in [-0.3, -0.25) is 18.7 Å². The summed E-state index contributed by atoms with van der Waals surface area (Å²) in [6.07, 6.45) is 1.58. The lowest BCUT2D eigenvalue weighted by Crippen LogP contribution is -2.44. The van der Waals surface area contributed by atoms with Crippen molar-refractivity contribution in [2.75, 3.05) is 11.2 Å². The molecule has 1 aliphatic heterocycles. The molecule has 7 heteroatoms. The molecule has 0 fully saturated rings. The molecule has 1 atom stereocenters. The SMILES string of the molecule is CCN1C(=O)C(P(=O)(c2ccccc2)c2ccccc2)=CN(c2ccc(C)cc2)P1(=O)c1ccccc1.